The zero-order valence-electron chi connectivity index (χ0n) is 9.62. The Morgan fingerprint density at radius 3 is 2.65 bits per heavy atom. The second-order valence-electron chi connectivity index (χ2n) is 3.55. The smallest absolute Gasteiger partial charge is 0.262 e. The van der Waals surface area contributed by atoms with E-state index in [0.717, 1.165) is 17.1 Å². The van der Waals surface area contributed by atoms with Crippen molar-refractivity contribution in [2.24, 2.45) is 0 Å². The van der Waals surface area contributed by atoms with Gasteiger partial charge in [-0.25, -0.2) is 0 Å². The second kappa shape index (κ2) is 7.11. The number of thiocarbonyl (C=S) groups is 1. The van der Waals surface area contributed by atoms with Crippen LogP contribution in [0.3, 0.4) is 0 Å². The number of nitrogens with one attached hydrogen (secondary N) is 1. The summed E-state index contributed by atoms with van der Waals surface area (Å²) in [7, 11) is 0. The van der Waals surface area contributed by atoms with Crippen LogP contribution in [0.15, 0.2) is 18.2 Å². The highest BCUT2D eigenvalue weighted by molar-refractivity contribution is 7.80. The van der Waals surface area contributed by atoms with Gasteiger partial charge in [-0.1, -0.05) is 52.5 Å². The monoisotopic (exact) mass is 386 g/mol. The number of hydrogen-bond donors (Lipinski definition) is 1. The van der Waals surface area contributed by atoms with Gasteiger partial charge in [-0.05, 0) is 35.9 Å². The summed E-state index contributed by atoms with van der Waals surface area (Å²) >= 11 is 29.6. The van der Waals surface area contributed by atoms with Gasteiger partial charge in [-0.3, -0.25) is 0 Å². The summed E-state index contributed by atoms with van der Waals surface area (Å²) in [5.41, 5.74) is 0.772. The highest BCUT2D eigenvalue weighted by atomic mass is 35.5. The first-order chi connectivity index (χ1) is 9.47. The lowest BCUT2D eigenvalue weighted by Crippen LogP contribution is -2.12. The lowest BCUT2D eigenvalue weighted by molar-refractivity contribution is 0.300. The molecule has 9 heteroatoms. The zero-order valence-corrected chi connectivity index (χ0v) is 14.3. The Labute approximate surface area is 144 Å². The van der Waals surface area contributed by atoms with Gasteiger partial charge in [0.15, 0.2) is 5.15 Å². The maximum Gasteiger partial charge on any atom is 0.262 e. The van der Waals surface area contributed by atoms with Crippen molar-refractivity contribution in [3.05, 3.63) is 44.0 Å². The Balaban J connectivity index is 1.94. The molecule has 1 N–H and O–H groups in total. The van der Waals surface area contributed by atoms with Crippen LogP contribution in [0, 0.1) is 0 Å². The average molecular weight is 388 g/mol. The molecule has 2 rings (SSSR count). The molecule has 0 fully saturated rings. The molecule has 1 aromatic carbocycles. The molecule has 0 spiro atoms. The Hall–Kier alpha value is -0.300. The molecular formula is C11H6Cl4N2OS2. The van der Waals surface area contributed by atoms with Gasteiger partial charge in [-0.15, -0.1) is 0 Å². The first kappa shape index (κ1) is 16.1. The Morgan fingerprint density at radius 2 is 2.05 bits per heavy atom. The van der Waals surface area contributed by atoms with E-state index in [1.807, 2.05) is 0 Å². The summed E-state index contributed by atoms with van der Waals surface area (Å²) in [5.74, 6) is 0. The van der Waals surface area contributed by atoms with Crippen molar-refractivity contribution in [2.75, 3.05) is 5.32 Å². The fourth-order valence-corrected chi connectivity index (χ4v) is 3.01. The second-order valence-corrected chi connectivity index (χ2v) is 6.28. The molecule has 0 aliphatic carbocycles. The lowest BCUT2D eigenvalue weighted by Gasteiger charge is -2.09. The molecule has 0 amide bonds. The zero-order chi connectivity index (χ0) is 14.7. The van der Waals surface area contributed by atoms with E-state index in [9.17, 15) is 0 Å². The van der Waals surface area contributed by atoms with Crippen LogP contribution in [0.1, 0.15) is 5.56 Å². The summed E-state index contributed by atoms with van der Waals surface area (Å²) < 4.78 is 9.26. The number of halogens is 4. The molecule has 106 valence electrons. The van der Waals surface area contributed by atoms with Gasteiger partial charge in [0.2, 0.25) is 0 Å². The van der Waals surface area contributed by atoms with E-state index in [1.54, 1.807) is 18.2 Å². The standard InChI is InChI=1S/C11H6Cl4N2OS2/c12-6-2-1-5(7(13)3-6)4-18-11(19)16-10-8(14)9(15)17-20-10/h1-3H,4H2,(H,16,19). The molecule has 0 radical (unpaired) electrons. The van der Waals surface area contributed by atoms with Crippen molar-refractivity contribution >= 4 is 80.3 Å². The molecule has 1 heterocycles. The van der Waals surface area contributed by atoms with Crippen LogP contribution in [0.5, 0.6) is 0 Å². The molecule has 0 saturated carbocycles. The molecule has 0 aliphatic heterocycles. The average Bonchev–Trinajstić information content (AvgIpc) is 2.70. The number of benzene rings is 1. The molecule has 0 aliphatic rings. The maximum atomic E-state index is 6.03. The van der Waals surface area contributed by atoms with E-state index < -0.39 is 0 Å². The van der Waals surface area contributed by atoms with Gasteiger partial charge in [0.25, 0.3) is 5.17 Å². The summed E-state index contributed by atoms with van der Waals surface area (Å²) in [6.07, 6.45) is 0. The van der Waals surface area contributed by atoms with Gasteiger partial charge in [0.05, 0.1) is 0 Å². The van der Waals surface area contributed by atoms with Crippen LogP contribution in [-0.4, -0.2) is 9.55 Å². The number of aromatic nitrogens is 1. The number of rotatable bonds is 3. The lowest BCUT2D eigenvalue weighted by atomic mass is 10.2. The Bertz CT molecular complexity index is 647. The largest absolute Gasteiger partial charge is 0.466 e. The third-order valence-corrected chi connectivity index (χ3v) is 4.71. The van der Waals surface area contributed by atoms with Crippen LogP contribution in [0.25, 0.3) is 0 Å². The van der Waals surface area contributed by atoms with E-state index in [4.69, 9.17) is 63.4 Å². The molecule has 0 saturated heterocycles. The van der Waals surface area contributed by atoms with Gasteiger partial charge in [0.1, 0.15) is 16.6 Å². The molecule has 2 aromatic rings. The predicted molar refractivity (Wildman–Crippen MR) is 89.6 cm³/mol. The topological polar surface area (TPSA) is 34.2 Å². The highest BCUT2D eigenvalue weighted by Gasteiger charge is 2.12. The van der Waals surface area contributed by atoms with Crippen molar-refractivity contribution in [1.82, 2.24) is 4.37 Å². The van der Waals surface area contributed by atoms with Gasteiger partial charge in [0, 0.05) is 15.6 Å². The quantitative estimate of drug-likeness (QED) is 0.688. The number of nitrogens with zero attached hydrogens (tertiary/aromatic N) is 1. The predicted octanol–water partition coefficient (Wildman–Crippen LogP) is 5.67. The van der Waals surface area contributed by atoms with Crippen molar-refractivity contribution in [3.63, 3.8) is 0 Å². The van der Waals surface area contributed by atoms with E-state index in [1.165, 1.54) is 0 Å². The van der Waals surface area contributed by atoms with Gasteiger partial charge in [-0.2, -0.15) is 4.37 Å². The highest BCUT2D eigenvalue weighted by Crippen LogP contribution is 2.33. The van der Waals surface area contributed by atoms with Crippen LogP contribution < -0.4 is 5.32 Å². The number of anilines is 1. The molecule has 3 nitrogen and oxygen atoms in total. The summed E-state index contributed by atoms with van der Waals surface area (Å²) in [5, 5.41) is 5.11. The molecule has 0 bridgehead atoms. The first-order valence-corrected chi connectivity index (χ1v) is 7.85. The summed E-state index contributed by atoms with van der Waals surface area (Å²) in [4.78, 5) is 0. The SMILES string of the molecule is S=C(Nc1snc(Cl)c1Cl)OCc1ccc(Cl)cc1Cl. The summed E-state index contributed by atoms with van der Waals surface area (Å²) in [6, 6.07) is 5.13. The van der Waals surface area contributed by atoms with Crippen molar-refractivity contribution in [2.45, 2.75) is 6.61 Å². The van der Waals surface area contributed by atoms with E-state index in [-0.39, 0.29) is 16.9 Å². The first-order valence-electron chi connectivity index (χ1n) is 5.15. The Kier molecular flexibility index (Phi) is 5.72. The fraction of sp³-hybridized carbons (Fsp3) is 0.0909. The summed E-state index contributed by atoms with van der Waals surface area (Å²) in [6.45, 7) is 0.214. The number of hydrogen-bond acceptors (Lipinski definition) is 4. The maximum absolute atomic E-state index is 6.03. The minimum absolute atomic E-state index is 0.151. The van der Waals surface area contributed by atoms with Crippen LogP contribution in [0.4, 0.5) is 5.00 Å². The van der Waals surface area contributed by atoms with Gasteiger partial charge >= 0.3 is 0 Å². The molecule has 0 atom stereocenters. The van der Waals surface area contributed by atoms with E-state index >= 15 is 0 Å². The molecule has 1 aromatic heterocycles. The van der Waals surface area contributed by atoms with Gasteiger partial charge < -0.3 is 10.1 Å². The van der Waals surface area contributed by atoms with Crippen LogP contribution in [0.2, 0.25) is 20.2 Å². The van der Waals surface area contributed by atoms with Crippen LogP contribution >= 0.6 is 70.2 Å². The number of ether oxygens (including phenoxy) is 1. The van der Waals surface area contributed by atoms with Crippen molar-refractivity contribution in [1.29, 1.82) is 0 Å². The van der Waals surface area contributed by atoms with Crippen LogP contribution in [-0.2, 0) is 11.3 Å². The molecule has 20 heavy (non-hydrogen) atoms. The minimum atomic E-state index is 0.151. The molecule has 0 unspecified atom stereocenters. The molecular weight excluding hydrogens is 382 g/mol. The Morgan fingerprint density at radius 1 is 1.30 bits per heavy atom. The normalized spacial score (nSPS) is 10.4. The minimum Gasteiger partial charge on any atom is -0.466 e. The third kappa shape index (κ3) is 4.10. The third-order valence-electron chi connectivity index (χ3n) is 2.19. The van der Waals surface area contributed by atoms with Crippen molar-refractivity contribution < 1.29 is 4.74 Å². The fourth-order valence-electron chi connectivity index (χ4n) is 1.25. The van der Waals surface area contributed by atoms with E-state index in [2.05, 4.69) is 9.69 Å². The van der Waals surface area contributed by atoms with Crippen molar-refractivity contribution in [3.8, 4) is 0 Å². The van der Waals surface area contributed by atoms with E-state index in [0.29, 0.717) is 20.1 Å².